The number of hydrogen-bond acceptors (Lipinski definition) is 4. The van der Waals surface area contributed by atoms with Crippen molar-refractivity contribution in [2.75, 3.05) is 13.7 Å². The summed E-state index contributed by atoms with van der Waals surface area (Å²) in [5, 5.41) is 3.31. The number of methoxy groups -OCH3 is 1. The Morgan fingerprint density at radius 1 is 1.32 bits per heavy atom. The summed E-state index contributed by atoms with van der Waals surface area (Å²) >= 11 is 0. The number of ether oxygens (including phenoxy) is 2. The van der Waals surface area contributed by atoms with Gasteiger partial charge in [0.15, 0.2) is 0 Å². The van der Waals surface area contributed by atoms with E-state index in [4.69, 9.17) is 9.47 Å². The lowest BCUT2D eigenvalue weighted by atomic mass is 9.85. The number of carbonyl (C=O) groups excluding carboxylic acids is 1. The maximum Gasteiger partial charge on any atom is 0.325 e. The van der Waals surface area contributed by atoms with E-state index in [1.807, 2.05) is 0 Å². The van der Waals surface area contributed by atoms with E-state index < -0.39 is 0 Å². The molecule has 3 atom stereocenters. The first-order valence-electron chi connectivity index (χ1n) is 7.68. The van der Waals surface area contributed by atoms with Crippen LogP contribution in [0.3, 0.4) is 0 Å². The number of nitrogens with one attached hydrogen (secondary N) is 1. The van der Waals surface area contributed by atoms with Crippen molar-refractivity contribution >= 4 is 5.97 Å². The minimum atomic E-state index is -0.292. The number of rotatable bonds is 7. The van der Waals surface area contributed by atoms with Crippen LogP contribution in [0.1, 0.15) is 51.9 Å². The molecule has 1 N–H and O–H groups in total. The molecule has 0 radical (unpaired) electrons. The quantitative estimate of drug-likeness (QED) is 0.720. The van der Waals surface area contributed by atoms with Crippen LogP contribution in [0, 0.1) is 5.92 Å². The van der Waals surface area contributed by atoms with Gasteiger partial charge < -0.3 is 9.47 Å². The predicted octanol–water partition coefficient (Wildman–Crippen LogP) is 2.27. The van der Waals surface area contributed by atoms with Crippen molar-refractivity contribution in [1.29, 1.82) is 0 Å². The average molecular weight is 269 g/mol. The van der Waals surface area contributed by atoms with Gasteiger partial charge in [-0.1, -0.05) is 26.2 Å². The molecule has 2 saturated carbocycles. The average Bonchev–Trinajstić information content (AvgIpc) is 3.26. The summed E-state index contributed by atoms with van der Waals surface area (Å²) in [6.07, 6.45) is 8.75. The van der Waals surface area contributed by atoms with Crippen LogP contribution in [0.2, 0.25) is 0 Å². The van der Waals surface area contributed by atoms with Crippen molar-refractivity contribution in [2.24, 2.45) is 5.92 Å². The van der Waals surface area contributed by atoms with Gasteiger partial charge >= 0.3 is 5.97 Å². The van der Waals surface area contributed by atoms with Crippen LogP contribution in [-0.2, 0) is 14.3 Å². The normalized spacial score (nSPS) is 28.9. The molecule has 0 aromatic heterocycles. The number of hydrogen-bond donors (Lipinski definition) is 1. The molecule has 4 nitrogen and oxygen atoms in total. The van der Waals surface area contributed by atoms with Crippen molar-refractivity contribution in [1.82, 2.24) is 5.32 Å². The smallest absolute Gasteiger partial charge is 0.325 e. The standard InChI is InChI=1S/C15H27NO3/c1-3-11-5-4-6-13(9-11)19-10-14(15(17)18-2)16-12-7-8-12/h11-14,16H,3-10H2,1-2H3. The van der Waals surface area contributed by atoms with Gasteiger partial charge in [0.25, 0.3) is 0 Å². The molecule has 2 rings (SSSR count). The highest BCUT2D eigenvalue weighted by atomic mass is 16.5. The van der Waals surface area contributed by atoms with Crippen LogP contribution in [-0.4, -0.2) is 37.9 Å². The summed E-state index contributed by atoms with van der Waals surface area (Å²) in [6, 6.07) is 0.196. The first-order chi connectivity index (χ1) is 9.22. The molecule has 0 saturated heterocycles. The van der Waals surface area contributed by atoms with E-state index in [2.05, 4.69) is 12.2 Å². The molecule has 2 aliphatic carbocycles. The molecule has 0 aromatic rings. The van der Waals surface area contributed by atoms with Gasteiger partial charge in [0, 0.05) is 6.04 Å². The van der Waals surface area contributed by atoms with Gasteiger partial charge in [-0.3, -0.25) is 10.1 Å². The Bertz CT molecular complexity index is 291. The lowest BCUT2D eigenvalue weighted by Gasteiger charge is -2.29. The summed E-state index contributed by atoms with van der Waals surface area (Å²) in [7, 11) is 1.44. The Labute approximate surface area is 116 Å². The molecule has 4 heteroatoms. The summed E-state index contributed by atoms with van der Waals surface area (Å²) < 4.78 is 10.8. The molecule has 0 bridgehead atoms. The second kappa shape index (κ2) is 7.25. The molecule has 0 spiro atoms. The van der Waals surface area contributed by atoms with Crippen molar-refractivity contribution in [3.05, 3.63) is 0 Å². The fraction of sp³-hybridized carbons (Fsp3) is 0.933. The van der Waals surface area contributed by atoms with Crippen LogP contribution in [0.25, 0.3) is 0 Å². The van der Waals surface area contributed by atoms with E-state index in [1.165, 1.54) is 26.4 Å². The lowest BCUT2D eigenvalue weighted by molar-refractivity contribution is -0.145. The third-order valence-electron chi connectivity index (χ3n) is 4.31. The summed E-state index contributed by atoms with van der Waals surface area (Å²) in [5.41, 5.74) is 0. The molecule has 2 aliphatic rings. The Morgan fingerprint density at radius 3 is 2.74 bits per heavy atom. The van der Waals surface area contributed by atoms with Crippen LogP contribution < -0.4 is 5.32 Å². The molecular formula is C15H27NO3. The van der Waals surface area contributed by atoms with E-state index in [1.54, 1.807) is 0 Å². The highest BCUT2D eigenvalue weighted by molar-refractivity contribution is 5.75. The van der Waals surface area contributed by atoms with Crippen molar-refractivity contribution < 1.29 is 14.3 Å². The van der Waals surface area contributed by atoms with Crippen LogP contribution in [0.4, 0.5) is 0 Å². The van der Waals surface area contributed by atoms with Crippen molar-refractivity contribution in [3.8, 4) is 0 Å². The molecule has 110 valence electrons. The fourth-order valence-electron chi connectivity index (χ4n) is 2.86. The molecule has 19 heavy (non-hydrogen) atoms. The van der Waals surface area contributed by atoms with Crippen LogP contribution in [0.5, 0.6) is 0 Å². The molecule has 3 unspecified atom stereocenters. The van der Waals surface area contributed by atoms with Gasteiger partial charge in [-0.05, 0) is 31.6 Å². The van der Waals surface area contributed by atoms with Gasteiger partial charge in [-0.15, -0.1) is 0 Å². The Hall–Kier alpha value is -0.610. The Balaban J connectivity index is 1.75. The van der Waals surface area contributed by atoms with E-state index in [9.17, 15) is 4.79 Å². The summed E-state index contributed by atoms with van der Waals surface area (Å²) in [6.45, 7) is 2.70. The summed E-state index contributed by atoms with van der Waals surface area (Å²) in [5.74, 6) is 0.599. The fourth-order valence-corrected chi connectivity index (χ4v) is 2.86. The number of carbonyl (C=O) groups is 1. The molecule has 0 aliphatic heterocycles. The zero-order valence-corrected chi connectivity index (χ0v) is 12.2. The topological polar surface area (TPSA) is 47.6 Å². The number of esters is 1. The molecule has 0 aromatic carbocycles. The Morgan fingerprint density at radius 2 is 2.11 bits per heavy atom. The zero-order chi connectivity index (χ0) is 13.7. The van der Waals surface area contributed by atoms with Gasteiger partial charge in [-0.25, -0.2) is 0 Å². The molecule has 2 fully saturated rings. The van der Waals surface area contributed by atoms with Crippen LogP contribution in [0.15, 0.2) is 0 Å². The lowest BCUT2D eigenvalue weighted by Crippen LogP contribution is -2.43. The van der Waals surface area contributed by atoms with Gasteiger partial charge in [0.2, 0.25) is 0 Å². The maximum absolute atomic E-state index is 11.7. The van der Waals surface area contributed by atoms with Gasteiger partial charge in [0.1, 0.15) is 6.04 Å². The summed E-state index contributed by atoms with van der Waals surface area (Å²) in [4.78, 5) is 11.7. The Kier molecular flexibility index (Phi) is 5.64. The zero-order valence-electron chi connectivity index (χ0n) is 12.2. The van der Waals surface area contributed by atoms with E-state index in [0.717, 1.165) is 31.6 Å². The van der Waals surface area contributed by atoms with Crippen molar-refractivity contribution in [3.63, 3.8) is 0 Å². The second-order valence-electron chi connectivity index (χ2n) is 5.91. The highest BCUT2D eigenvalue weighted by Crippen LogP contribution is 2.28. The third-order valence-corrected chi connectivity index (χ3v) is 4.31. The first kappa shape index (κ1) is 14.8. The van der Waals surface area contributed by atoms with Gasteiger partial charge in [0.05, 0.1) is 19.8 Å². The van der Waals surface area contributed by atoms with E-state index >= 15 is 0 Å². The first-order valence-corrected chi connectivity index (χ1v) is 7.68. The molecule has 0 amide bonds. The van der Waals surface area contributed by atoms with Gasteiger partial charge in [-0.2, -0.15) is 0 Å². The van der Waals surface area contributed by atoms with Crippen molar-refractivity contribution in [2.45, 2.75) is 70.1 Å². The minimum absolute atomic E-state index is 0.199. The predicted molar refractivity (Wildman–Crippen MR) is 74.0 cm³/mol. The van der Waals surface area contributed by atoms with E-state index in [0.29, 0.717) is 18.8 Å². The monoisotopic (exact) mass is 269 g/mol. The van der Waals surface area contributed by atoms with E-state index in [-0.39, 0.29) is 12.0 Å². The third kappa shape index (κ3) is 4.77. The highest BCUT2D eigenvalue weighted by Gasteiger charge is 2.30. The largest absolute Gasteiger partial charge is 0.468 e. The SMILES string of the molecule is CCC1CCCC(OCC(NC2CC2)C(=O)OC)C1. The minimum Gasteiger partial charge on any atom is -0.468 e. The molecular weight excluding hydrogens is 242 g/mol. The molecule has 0 heterocycles. The van der Waals surface area contributed by atoms with Crippen LogP contribution >= 0.6 is 0 Å². The second-order valence-corrected chi connectivity index (χ2v) is 5.91. The maximum atomic E-state index is 11.7.